The van der Waals surface area contributed by atoms with Crippen molar-refractivity contribution < 1.29 is 106 Å². The maximum absolute atomic E-state index is 14.4. The van der Waals surface area contributed by atoms with Gasteiger partial charge in [0, 0.05) is 32.6 Å². The Morgan fingerprint density at radius 2 is 0.854 bits per heavy atom. The van der Waals surface area contributed by atoms with Crippen LogP contribution in [0.1, 0.15) is 146 Å². The molecule has 0 radical (unpaired) electrons. The Kier molecular flexibility index (Phi) is 42.7. The highest BCUT2D eigenvalue weighted by atomic mass is 16.4. The number of likely N-dealkylation sites (tertiary alicyclic amines) is 3. The van der Waals surface area contributed by atoms with Gasteiger partial charge in [-0.25, -0.2) is 4.79 Å². The van der Waals surface area contributed by atoms with E-state index in [1.165, 1.54) is 42.4 Å². The first-order valence-corrected chi connectivity index (χ1v) is 41.2. The third-order valence-corrected chi connectivity index (χ3v) is 20.8. The number of hydrogen-bond donors (Lipinski definition) is 22. The molecule has 45 heteroatoms. The van der Waals surface area contributed by atoms with E-state index in [-0.39, 0.29) is 76.6 Å². The molecule has 684 valence electrons. The second-order valence-electron chi connectivity index (χ2n) is 31.6. The Morgan fingerprint density at radius 3 is 1.41 bits per heavy atom. The van der Waals surface area contributed by atoms with Gasteiger partial charge in [-0.15, -0.1) is 0 Å². The second kappa shape index (κ2) is 50.9. The molecule has 15 atom stereocenters. The quantitative estimate of drug-likeness (QED) is 0.0164. The van der Waals surface area contributed by atoms with E-state index in [0.29, 0.717) is 31.2 Å². The molecule has 45 nitrogen and oxygen atoms in total. The smallest absolute Gasteiger partial charge is 0.326 e. The normalized spacial score (nSPS) is 17.7. The van der Waals surface area contributed by atoms with Crippen molar-refractivity contribution in [1.29, 1.82) is 5.41 Å². The zero-order valence-electron chi connectivity index (χ0n) is 71.7. The molecule has 0 aromatic heterocycles. The summed E-state index contributed by atoms with van der Waals surface area (Å²) in [5.74, 6) is -18.6. The van der Waals surface area contributed by atoms with Crippen LogP contribution in [0.3, 0.4) is 0 Å². The lowest BCUT2D eigenvalue weighted by molar-refractivity contribution is -0.150. The zero-order chi connectivity index (χ0) is 92.2. The molecule has 1 aromatic rings. The van der Waals surface area contributed by atoms with Crippen molar-refractivity contribution in [2.45, 2.75) is 232 Å². The lowest BCUT2D eigenvalue weighted by Crippen LogP contribution is -2.62. The average molecular weight is 1740 g/mol. The predicted molar refractivity (Wildman–Crippen MR) is 440 cm³/mol. The third kappa shape index (κ3) is 33.6. The number of aliphatic hydroxyl groups excluding tert-OH is 1. The number of benzene rings is 1. The summed E-state index contributed by atoms with van der Waals surface area (Å²) in [5.41, 5.74) is 12.0. The minimum Gasteiger partial charge on any atom is -0.480 e. The van der Waals surface area contributed by atoms with Gasteiger partial charge in [0.05, 0.1) is 51.9 Å². The Morgan fingerprint density at radius 1 is 0.431 bits per heavy atom. The standard InChI is InChI=1S/C78H125N23O22/c1-13-42(8)60(79)72(117)88-36-58(107)90-44(10)66(111)93-48(23-17-27-82-78(80)81)69(114)94-49(31-47-21-15-14-16-22-47)70(115)96-62(40(4)5)74(119)97-61(39(2)3)73(118)95-50(38-102)68(113)87-34-56(105)84-35-57(106)89-43(9)64(109)86-33-55(104)83-32-54(103)85-37-59(108)99-28-19-25-52(99)75(120)100-29-18-24-51(100)71(116)92-45(11)65(110)91-46(12)67(112)98-63(41(6)7)76(121)101-30-20-26-53(101)77(122)123/h14-16,21-22,39-46,48-53,60-63,102H,13,17-20,23-38,79H2,1-12H3,(H,83,104)(H,84,105)(H,85,103)(H,86,109)(H,87,113)(H,88,117)(H,89,106)(H,90,107)(H,91,110)(H,92,116)(H,93,111)(H,94,114)(H,95,118)(H,96,115)(H,97,119)(H,98,112)(H,122,123)(H4,80,81,82)/t42-,43-,44-,45-,46-,48-,49-,50-,51-,52-,53-,60-,61-,62-,63-/m0/s1. The van der Waals surface area contributed by atoms with E-state index < -0.39 is 266 Å². The van der Waals surface area contributed by atoms with Crippen LogP contribution in [0.5, 0.6) is 0 Å². The first-order chi connectivity index (χ1) is 57.9. The second-order valence-corrected chi connectivity index (χ2v) is 31.6. The van der Waals surface area contributed by atoms with Gasteiger partial charge in [-0.05, 0) is 108 Å². The van der Waals surface area contributed by atoms with E-state index in [1.807, 2.05) is 6.92 Å². The molecule has 0 saturated carbocycles. The number of nitrogens with two attached hydrogens (primary N) is 2. The number of carboxylic acids is 1. The fraction of sp³-hybridized carbons (Fsp3) is 0.654. The van der Waals surface area contributed by atoms with Crippen molar-refractivity contribution in [2.24, 2.45) is 35.1 Å². The number of carboxylic acid groups (broad SMARTS) is 1. The summed E-state index contributed by atoms with van der Waals surface area (Å²) in [5, 5.41) is 69.0. The highest BCUT2D eigenvalue weighted by Crippen LogP contribution is 2.26. The van der Waals surface area contributed by atoms with Crippen LogP contribution in [-0.2, 0) is 102 Å². The van der Waals surface area contributed by atoms with Crippen molar-refractivity contribution in [3.63, 3.8) is 0 Å². The molecular weight excluding hydrogens is 1610 g/mol. The van der Waals surface area contributed by atoms with Crippen LogP contribution in [-0.4, -0.2) is 306 Å². The van der Waals surface area contributed by atoms with Crippen LogP contribution >= 0.6 is 0 Å². The Hall–Kier alpha value is -12.2. The molecule has 0 aliphatic carbocycles. The minimum absolute atomic E-state index is 0.0763. The number of guanidine groups is 1. The van der Waals surface area contributed by atoms with Gasteiger partial charge in [-0.3, -0.25) is 96.5 Å². The monoisotopic (exact) mass is 1740 g/mol. The summed E-state index contributed by atoms with van der Waals surface area (Å²) in [4.78, 5) is 269. The first kappa shape index (κ1) is 103. The van der Waals surface area contributed by atoms with Gasteiger partial charge in [0.1, 0.15) is 78.5 Å². The Bertz CT molecular complexity index is 3950. The van der Waals surface area contributed by atoms with E-state index >= 15 is 0 Å². The largest absolute Gasteiger partial charge is 0.480 e. The molecule has 24 N–H and O–H groups in total. The van der Waals surface area contributed by atoms with Crippen LogP contribution in [0, 0.1) is 29.1 Å². The number of amides is 19. The Balaban J connectivity index is 1.21. The van der Waals surface area contributed by atoms with Crippen molar-refractivity contribution in [3.8, 4) is 0 Å². The SMILES string of the molecule is CC[C@H](C)[C@H](N)C(=O)NCC(=O)N[C@@H](C)C(=O)N[C@@H](CCCNC(=N)N)C(=O)N[C@@H](Cc1ccccc1)C(=O)N[C@H](C(=O)N[C@H](C(=O)N[C@@H](CO)C(=O)NCC(=O)NCC(=O)N[C@@H](C)C(=O)NCC(=O)NCC(=O)NCC(=O)N1CCC[C@H]1C(=O)N1CCC[C@H]1C(=O)N[C@@H](C)C(=O)N[C@@H](C)C(=O)N[C@H](C(=O)N1CCC[C@H]1C(=O)O)C(C)C)C(C)C)C(C)C. The lowest BCUT2D eigenvalue weighted by atomic mass is 9.98. The molecule has 3 heterocycles. The van der Waals surface area contributed by atoms with Crippen LogP contribution in [0.4, 0.5) is 0 Å². The molecule has 123 heavy (non-hydrogen) atoms. The fourth-order valence-electron chi connectivity index (χ4n) is 13.2. The molecule has 3 aliphatic rings. The van der Waals surface area contributed by atoms with Gasteiger partial charge in [0.2, 0.25) is 112 Å². The highest BCUT2D eigenvalue weighted by molar-refractivity contribution is 6.01. The first-order valence-electron chi connectivity index (χ1n) is 41.2. The molecule has 3 saturated heterocycles. The summed E-state index contributed by atoms with van der Waals surface area (Å²) in [6, 6.07) is -8.80. The number of carbonyl (C=O) groups is 20. The van der Waals surface area contributed by atoms with Crippen LogP contribution in [0.15, 0.2) is 30.3 Å². The summed E-state index contributed by atoms with van der Waals surface area (Å²) in [6.45, 7) is 14.2. The zero-order valence-corrected chi connectivity index (χ0v) is 71.7. The molecule has 0 bridgehead atoms. The van der Waals surface area contributed by atoms with E-state index in [1.54, 1.807) is 78.8 Å². The molecule has 3 aliphatic heterocycles. The van der Waals surface area contributed by atoms with Gasteiger partial charge in [0.15, 0.2) is 5.96 Å². The van der Waals surface area contributed by atoms with Gasteiger partial charge in [0.25, 0.3) is 0 Å². The van der Waals surface area contributed by atoms with Crippen molar-refractivity contribution in [2.75, 3.05) is 72.1 Å². The number of carbonyl (C=O) groups excluding carboxylic acids is 19. The number of rotatable bonds is 48. The van der Waals surface area contributed by atoms with Crippen molar-refractivity contribution >= 4 is 124 Å². The predicted octanol–water partition coefficient (Wildman–Crippen LogP) is -8.49. The van der Waals surface area contributed by atoms with Gasteiger partial charge < -0.3 is 127 Å². The summed E-state index contributed by atoms with van der Waals surface area (Å²) in [6.07, 6.45) is 2.60. The minimum atomic E-state index is -1.71. The summed E-state index contributed by atoms with van der Waals surface area (Å²) < 4.78 is 0. The average Bonchev–Trinajstić information content (AvgIpc) is 1.66. The number of hydrogen-bond acceptors (Lipinski definition) is 23. The number of aliphatic hydroxyl groups is 1. The fourth-order valence-corrected chi connectivity index (χ4v) is 13.2. The van der Waals surface area contributed by atoms with Crippen LogP contribution in [0.2, 0.25) is 0 Å². The third-order valence-electron chi connectivity index (χ3n) is 20.8. The number of aliphatic carboxylic acids is 1. The van der Waals surface area contributed by atoms with E-state index in [4.69, 9.17) is 16.9 Å². The number of nitrogens with zero attached hydrogens (tertiary/aromatic N) is 3. The van der Waals surface area contributed by atoms with Gasteiger partial charge in [-0.2, -0.15) is 0 Å². The highest BCUT2D eigenvalue weighted by Gasteiger charge is 2.45. The van der Waals surface area contributed by atoms with E-state index in [9.17, 15) is 106 Å². The lowest BCUT2D eigenvalue weighted by Gasteiger charge is -2.31. The molecule has 4 rings (SSSR count). The van der Waals surface area contributed by atoms with Gasteiger partial charge in [-0.1, -0.05) is 92.1 Å². The van der Waals surface area contributed by atoms with Crippen molar-refractivity contribution in [3.05, 3.63) is 35.9 Å². The molecule has 0 spiro atoms. The number of nitrogens with one attached hydrogen (secondary N) is 18. The topological polar surface area (TPSA) is 672 Å². The molecule has 0 unspecified atom stereocenters. The summed E-state index contributed by atoms with van der Waals surface area (Å²) >= 11 is 0. The molecule has 3 fully saturated rings. The molecule has 1 aromatic carbocycles. The molecule has 19 amide bonds. The maximum atomic E-state index is 14.4. The maximum Gasteiger partial charge on any atom is 0.326 e. The van der Waals surface area contributed by atoms with Crippen LogP contribution < -0.4 is 102 Å². The van der Waals surface area contributed by atoms with E-state index in [2.05, 4.69) is 90.4 Å². The van der Waals surface area contributed by atoms with Crippen molar-refractivity contribution in [1.82, 2.24) is 105 Å². The summed E-state index contributed by atoms with van der Waals surface area (Å²) in [7, 11) is 0. The molecular formula is C78H125N23O22. The van der Waals surface area contributed by atoms with Gasteiger partial charge >= 0.3 is 5.97 Å². The Labute approximate surface area is 713 Å². The van der Waals surface area contributed by atoms with Crippen LogP contribution in [0.25, 0.3) is 0 Å². The van der Waals surface area contributed by atoms with E-state index in [0.717, 1.165) is 0 Å².